The Bertz CT molecular complexity index is 626. The Kier molecular flexibility index (Phi) is 4.12. The Morgan fingerprint density at radius 1 is 1.10 bits per heavy atom. The first-order chi connectivity index (χ1) is 9.45. The zero-order valence-electron chi connectivity index (χ0n) is 12.7. The van der Waals surface area contributed by atoms with Gasteiger partial charge in [-0.3, -0.25) is 4.79 Å². The van der Waals surface area contributed by atoms with Crippen molar-refractivity contribution < 1.29 is 9.53 Å². The van der Waals surface area contributed by atoms with Gasteiger partial charge in [0.05, 0.1) is 5.41 Å². The molecule has 2 rings (SSSR count). The quantitative estimate of drug-likeness (QED) is 0.757. The summed E-state index contributed by atoms with van der Waals surface area (Å²) in [7, 11) is 0. The minimum Gasteiger partial charge on any atom is -0.460 e. The number of carbonyl (C=O) groups excluding carboxylic acids is 1. The predicted octanol–water partition coefficient (Wildman–Crippen LogP) is 4.63. The Morgan fingerprint density at radius 2 is 1.75 bits per heavy atom. The molecule has 20 heavy (non-hydrogen) atoms. The van der Waals surface area contributed by atoms with Gasteiger partial charge in [0.15, 0.2) is 0 Å². The van der Waals surface area contributed by atoms with Crippen molar-refractivity contribution in [3.63, 3.8) is 0 Å². The van der Waals surface area contributed by atoms with Crippen LogP contribution in [0.25, 0.3) is 10.8 Å². The smallest absolute Gasteiger partial charge is 0.311 e. The molecule has 0 aliphatic heterocycles. The van der Waals surface area contributed by atoms with Crippen LogP contribution in [0.2, 0.25) is 0 Å². The first kappa shape index (κ1) is 14.6. The van der Waals surface area contributed by atoms with Gasteiger partial charge < -0.3 is 4.74 Å². The molecule has 0 saturated heterocycles. The molecule has 0 bridgehead atoms. The third kappa shape index (κ3) is 2.84. The van der Waals surface area contributed by atoms with Crippen LogP contribution in [-0.2, 0) is 16.1 Å². The normalized spacial score (nSPS) is 11.6. The number of hydrogen-bond acceptors (Lipinski definition) is 2. The third-order valence-electron chi connectivity index (χ3n) is 4.03. The van der Waals surface area contributed by atoms with Crippen molar-refractivity contribution in [1.29, 1.82) is 0 Å². The van der Waals surface area contributed by atoms with E-state index in [1.807, 2.05) is 39.0 Å². The van der Waals surface area contributed by atoms with Crippen molar-refractivity contribution >= 4 is 16.7 Å². The monoisotopic (exact) mass is 270 g/mol. The molecule has 0 unspecified atom stereocenters. The lowest BCUT2D eigenvalue weighted by atomic mass is 9.91. The van der Waals surface area contributed by atoms with E-state index >= 15 is 0 Å². The van der Waals surface area contributed by atoms with Gasteiger partial charge in [0, 0.05) is 0 Å². The molecular formula is C18H22O2. The van der Waals surface area contributed by atoms with Crippen LogP contribution in [0.4, 0.5) is 0 Å². The van der Waals surface area contributed by atoms with E-state index < -0.39 is 5.41 Å². The fourth-order valence-corrected chi connectivity index (χ4v) is 2.14. The fourth-order valence-electron chi connectivity index (χ4n) is 2.14. The van der Waals surface area contributed by atoms with E-state index in [1.54, 1.807) is 0 Å². The summed E-state index contributed by atoms with van der Waals surface area (Å²) in [5.74, 6) is -0.135. The van der Waals surface area contributed by atoms with E-state index in [2.05, 4.69) is 25.1 Å². The fraction of sp³-hybridized carbons (Fsp3) is 0.389. The van der Waals surface area contributed by atoms with Crippen LogP contribution in [0, 0.1) is 12.3 Å². The Morgan fingerprint density at radius 3 is 2.45 bits per heavy atom. The van der Waals surface area contributed by atoms with Gasteiger partial charge in [0.2, 0.25) is 0 Å². The second kappa shape index (κ2) is 5.66. The van der Waals surface area contributed by atoms with Crippen LogP contribution < -0.4 is 0 Å². The van der Waals surface area contributed by atoms with Crippen LogP contribution in [0.3, 0.4) is 0 Å². The van der Waals surface area contributed by atoms with E-state index in [1.165, 1.54) is 10.9 Å². The first-order valence-electron chi connectivity index (χ1n) is 7.10. The van der Waals surface area contributed by atoms with E-state index in [9.17, 15) is 4.79 Å². The first-order valence-corrected chi connectivity index (χ1v) is 7.10. The average molecular weight is 270 g/mol. The van der Waals surface area contributed by atoms with E-state index in [0.29, 0.717) is 6.61 Å². The van der Waals surface area contributed by atoms with Gasteiger partial charge in [-0.05, 0) is 49.1 Å². The lowest BCUT2D eigenvalue weighted by Crippen LogP contribution is -2.25. The molecule has 2 aromatic rings. The lowest BCUT2D eigenvalue weighted by Gasteiger charge is -2.20. The van der Waals surface area contributed by atoms with Gasteiger partial charge in [-0.1, -0.05) is 43.3 Å². The van der Waals surface area contributed by atoms with Crippen molar-refractivity contribution in [3.8, 4) is 0 Å². The van der Waals surface area contributed by atoms with E-state index in [0.717, 1.165) is 17.4 Å². The molecule has 0 radical (unpaired) electrons. The zero-order valence-corrected chi connectivity index (χ0v) is 12.7. The molecule has 2 aromatic carbocycles. The van der Waals surface area contributed by atoms with Crippen molar-refractivity contribution in [2.75, 3.05) is 0 Å². The summed E-state index contributed by atoms with van der Waals surface area (Å²) in [5.41, 5.74) is 1.89. The Hall–Kier alpha value is -1.83. The van der Waals surface area contributed by atoms with Crippen LogP contribution in [0.1, 0.15) is 38.3 Å². The molecule has 0 N–H and O–H groups in total. The summed E-state index contributed by atoms with van der Waals surface area (Å²) in [5, 5.41) is 2.38. The third-order valence-corrected chi connectivity index (χ3v) is 4.03. The number of carbonyl (C=O) groups is 1. The number of benzene rings is 2. The highest BCUT2D eigenvalue weighted by atomic mass is 16.5. The summed E-state index contributed by atoms with van der Waals surface area (Å²) < 4.78 is 5.49. The van der Waals surface area contributed by atoms with Crippen molar-refractivity contribution in [1.82, 2.24) is 0 Å². The topological polar surface area (TPSA) is 26.3 Å². The second-order valence-electron chi connectivity index (χ2n) is 5.90. The highest BCUT2D eigenvalue weighted by molar-refractivity contribution is 5.88. The zero-order chi connectivity index (χ0) is 14.8. The molecule has 106 valence electrons. The van der Waals surface area contributed by atoms with Gasteiger partial charge >= 0.3 is 5.97 Å². The molecule has 0 fully saturated rings. The standard InChI is InChI=1S/C18H22O2/c1-5-18(3,4)17(19)20-12-14-9-7-10-15-13(2)8-6-11-16(14)15/h6-11H,5,12H2,1-4H3. The Labute approximate surface area is 120 Å². The van der Waals surface area contributed by atoms with Crippen LogP contribution in [0.5, 0.6) is 0 Å². The molecule has 0 aliphatic rings. The van der Waals surface area contributed by atoms with Gasteiger partial charge in [0.25, 0.3) is 0 Å². The van der Waals surface area contributed by atoms with Crippen LogP contribution in [-0.4, -0.2) is 5.97 Å². The van der Waals surface area contributed by atoms with E-state index in [-0.39, 0.29) is 5.97 Å². The molecule has 0 aliphatic carbocycles. The largest absolute Gasteiger partial charge is 0.460 e. The van der Waals surface area contributed by atoms with Gasteiger partial charge in [-0.2, -0.15) is 0 Å². The maximum Gasteiger partial charge on any atom is 0.311 e. The summed E-state index contributed by atoms with van der Waals surface area (Å²) in [4.78, 5) is 12.0. The van der Waals surface area contributed by atoms with Crippen LogP contribution in [0.15, 0.2) is 36.4 Å². The van der Waals surface area contributed by atoms with Gasteiger partial charge in [-0.25, -0.2) is 0 Å². The van der Waals surface area contributed by atoms with Crippen LogP contribution >= 0.6 is 0 Å². The molecule has 0 aromatic heterocycles. The highest BCUT2D eigenvalue weighted by Gasteiger charge is 2.27. The number of esters is 1. The maximum absolute atomic E-state index is 12.0. The van der Waals surface area contributed by atoms with Crippen molar-refractivity contribution in [2.45, 2.75) is 40.7 Å². The molecule has 0 amide bonds. The SMILES string of the molecule is CCC(C)(C)C(=O)OCc1cccc2c(C)cccc12. The summed E-state index contributed by atoms with van der Waals surface area (Å²) >= 11 is 0. The maximum atomic E-state index is 12.0. The average Bonchev–Trinajstić information content (AvgIpc) is 2.45. The number of aryl methyl sites for hydroxylation is 1. The lowest BCUT2D eigenvalue weighted by molar-refractivity contribution is -0.155. The molecule has 2 nitrogen and oxygen atoms in total. The molecular weight excluding hydrogens is 248 g/mol. The summed E-state index contributed by atoms with van der Waals surface area (Å²) in [6.07, 6.45) is 0.778. The van der Waals surface area contributed by atoms with Gasteiger partial charge in [-0.15, -0.1) is 0 Å². The second-order valence-corrected chi connectivity index (χ2v) is 5.90. The molecule has 2 heteroatoms. The number of hydrogen-bond donors (Lipinski definition) is 0. The number of fused-ring (bicyclic) bond motifs is 1. The number of rotatable bonds is 4. The summed E-state index contributed by atoms with van der Waals surface area (Å²) in [6, 6.07) is 12.4. The predicted molar refractivity (Wildman–Crippen MR) is 82.6 cm³/mol. The molecule has 0 saturated carbocycles. The minimum atomic E-state index is -0.416. The molecule has 0 atom stereocenters. The van der Waals surface area contributed by atoms with Gasteiger partial charge in [0.1, 0.15) is 6.61 Å². The minimum absolute atomic E-state index is 0.135. The molecule has 0 spiro atoms. The Balaban J connectivity index is 2.23. The number of ether oxygens (including phenoxy) is 1. The van der Waals surface area contributed by atoms with Crippen molar-refractivity contribution in [3.05, 3.63) is 47.5 Å². The van der Waals surface area contributed by atoms with Crippen molar-refractivity contribution in [2.24, 2.45) is 5.41 Å². The highest BCUT2D eigenvalue weighted by Crippen LogP contribution is 2.25. The summed E-state index contributed by atoms with van der Waals surface area (Å²) in [6.45, 7) is 8.27. The van der Waals surface area contributed by atoms with E-state index in [4.69, 9.17) is 4.74 Å². The molecule has 0 heterocycles.